The monoisotopic (exact) mass is 473 g/mol. The predicted molar refractivity (Wildman–Crippen MR) is 146 cm³/mol. The Kier molecular flexibility index (Phi) is 7.67. The largest absolute Gasteiger partial charge is 0.457 e. The van der Waals surface area contributed by atoms with Crippen LogP contribution in [0.1, 0.15) is 47.9 Å². The molecule has 0 bridgehead atoms. The van der Waals surface area contributed by atoms with Crippen molar-refractivity contribution in [1.82, 2.24) is 4.98 Å². The summed E-state index contributed by atoms with van der Waals surface area (Å²) in [5, 5.41) is 0. The fourth-order valence-electron chi connectivity index (χ4n) is 4.79. The highest BCUT2D eigenvalue weighted by Crippen LogP contribution is 2.30. The molecule has 0 amide bonds. The van der Waals surface area contributed by atoms with Gasteiger partial charge in [0.05, 0.1) is 0 Å². The Labute approximate surface area is 213 Å². The molecular formula is C33H31NO2. The van der Waals surface area contributed by atoms with Gasteiger partial charge in [0.25, 0.3) is 0 Å². The van der Waals surface area contributed by atoms with E-state index in [0.717, 1.165) is 55.4 Å². The number of carbonyl (C=O) groups excluding carboxylic acids is 1. The van der Waals surface area contributed by atoms with Crippen LogP contribution in [0, 0.1) is 0 Å². The van der Waals surface area contributed by atoms with E-state index < -0.39 is 0 Å². The Hall–Kier alpha value is -3.98. The fraction of sp³-hybridized carbons (Fsp3) is 0.212. The van der Waals surface area contributed by atoms with E-state index in [9.17, 15) is 4.79 Å². The van der Waals surface area contributed by atoms with Gasteiger partial charge in [-0.2, -0.15) is 0 Å². The summed E-state index contributed by atoms with van der Waals surface area (Å²) >= 11 is 0. The first-order valence-corrected chi connectivity index (χ1v) is 12.8. The highest BCUT2D eigenvalue weighted by Gasteiger charge is 2.15. The average molecular weight is 474 g/mol. The molecule has 0 spiro atoms. The lowest BCUT2D eigenvalue weighted by atomic mass is 9.96. The van der Waals surface area contributed by atoms with Gasteiger partial charge in [-0.05, 0) is 84.5 Å². The minimum absolute atomic E-state index is 0.117. The van der Waals surface area contributed by atoms with Gasteiger partial charge in [-0.15, -0.1) is 0 Å². The van der Waals surface area contributed by atoms with Gasteiger partial charge in [-0.25, -0.2) is 0 Å². The van der Waals surface area contributed by atoms with E-state index in [2.05, 4.69) is 53.5 Å². The van der Waals surface area contributed by atoms with Crippen molar-refractivity contribution >= 4 is 11.5 Å². The first-order valence-electron chi connectivity index (χ1n) is 12.8. The van der Waals surface area contributed by atoms with Gasteiger partial charge in [-0.3, -0.25) is 9.78 Å². The molecular weight excluding hydrogens is 442 g/mol. The number of aryl methyl sites for hydroxylation is 3. The maximum absolute atomic E-state index is 12.4. The van der Waals surface area contributed by atoms with Crippen molar-refractivity contribution in [1.29, 1.82) is 0 Å². The number of ether oxygens (including phenoxy) is 1. The number of hydrogen-bond acceptors (Lipinski definition) is 3. The van der Waals surface area contributed by atoms with E-state index in [1.165, 1.54) is 22.3 Å². The molecule has 0 unspecified atom stereocenters. The van der Waals surface area contributed by atoms with Crippen molar-refractivity contribution in [3.05, 3.63) is 126 Å². The standard InChI is InChI=1S/C33H31NO2/c35-30-17-6-14-27-13-3-4-19-32(27)33(23-30)36-31-18-7-16-29(22-31)28-15-5-11-25(21-28)9-1-2-10-26-12-8-20-34-24-26/h3-5,7-8,11-13,15-16,18-24H,1-2,6,9-10,14,17H2. The quantitative estimate of drug-likeness (QED) is 0.247. The zero-order chi connectivity index (χ0) is 24.6. The number of unbranched alkanes of at least 4 members (excludes halogenated alkanes) is 1. The van der Waals surface area contributed by atoms with Gasteiger partial charge < -0.3 is 4.74 Å². The minimum Gasteiger partial charge on any atom is -0.457 e. The Morgan fingerprint density at radius 2 is 1.53 bits per heavy atom. The van der Waals surface area contributed by atoms with E-state index in [-0.39, 0.29) is 5.78 Å². The molecule has 0 saturated carbocycles. The molecule has 3 heteroatoms. The SMILES string of the molecule is O=C1C=C(Oc2cccc(-c3cccc(CCCCc4cccnc4)c3)c2)c2ccccc2CCC1. The third-order valence-corrected chi connectivity index (χ3v) is 6.67. The molecule has 3 aromatic carbocycles. The Morgan fingerprint density at radius 1 is 0.750 bits per heavy atom. The van der Waals surface area contributed by atoms with Crippen molar-refractivity contribution in [2.24, 2.45) is 0 Å². The lowest BCUT2D eigenvalue weighted by Crippen LogP contribution is -2.07. The molecule has 1 aromatic heterocycles. The number of hydrogen-bond donors (Lipinski definition) is 0. The number of rotatable bonds is 8. The van der Waals surface area contributed by atoms with Crippen LogP contribution in [-0.4, -0.2) is 10.8 Å². The summed E-state index contributed by atoms with van der Waals surface area (Å²) in [6.45, 7) is 0. The first-order chi connectivity index (χ1) is 17.7. The highest BCUT2D eigenvalue weighted by molar-refractivity contribution is 5.96. The molecule has 0 saturated heterocycles. The molecule has 0 N–H and O–H groups in total. The van der Waals surface area contributed by atoms with Gasteiger partial charge >= 0.3 is 0 Å². The number of ketones is 1. The molecule has 1 heterocycles. The number of nitrogens with zero attached hydrogens (tertiary/aromatic N) is 1. The summed E-state index contributed by atoms with van der Waals surface area (Å²) in [6, 6.07) is 29.3. The normalized spacial score (nSPS) is 13.3. The summed E-state index contributed by atoms with van der Waals surface area (Å²) < 4.78 is 6.34. The number of pyridine rings is 1. The van der Waals surface area contributed by atoms with Gasteiger partial charge in [0.15, 0.2) is 5.78 Å². The summed E-state index contributed by atoms with van der Waals surface area (Å²) in [5.41, 5.74) is 7.15. The van der Waals surface area contributed by atoms with Crippen LogP contribution < -0.4 is 4.74 Å². The highest BCUT2D eigenvalue weighted by atomic mass is 16.5. The van der Waals surface area contributed by atoms with Crippen molar-refractivity contribution in [3.8, 4) is 16.9 Å². The second-order valence-electron chi connectivity index (χ2n) is 9.38. The lowest BCUT2D eigenvalue weighted by molar-refractivity contribution is -0.114. The summed E-state index contributed by atoms with van der Waals surface area (Å²) in [5.74, 6) is 1.49. The smallest absolute Gasteiger partial charge is 0.159 e. The molecule has 0 atom stereocenters. The summed E-state index contributed by atoms with van der Waals surface area (Å²) in [4.78, 5) is 16.6. The Bertz CT molecular complexity index is 1360. The fourth-order valence-corrected chi connectivity index (χ4v) is 4.79. The number of aromatic nitrogens is 1. The van der Waals surface area contributed by atoms with Crippen LogP contribution in [0.4, 0.5) is 0 Å². The van der Waals surface area contributed by atoms with Crippen LogP contribution in [0.2, 0.25) is 0 Å². The molecule has 1 aliphatic carbocycles. The second-order valence-corrected chi connectivity index (χ2v) is 9.38. The van der Waals surface area contributed by atoms with Crippen molar-refractivity contribution in [2.75, 3.05) is 0 Å². The van der Waals surface area contributed by atoms with E-state index in [1.54, 1.807) is 6.08 Å². The molecule has 0 aliphatic heterocycles. The van der Waals surface area contributed by atoms with Gasteiger partial charge in [0.2, 0.25) is 0 Å². The molecule has 3 nitrogen and oxygen atoms in total. The van der Waals surface area contributed by atoms with E-state index in [1.807, 2.05) is 48.8 Å². The van der Waals surface area contributed by atoms with Crippen molar-refractivity contribution < 1.29 is 9.53 Å². The Balaban J connectivity index is 1.29. The summed E-state index contributed by atoms with van der Waals surface area (Å²) in [7, 11) is 0. The molecule has 4 aromatic rings. The number of fused-ring (bicyclic) bond motifs is 1. The van der Waals surface area contributed by atoms with E-state index >= 15 is 0 Å². The van der Waals surface area contributed by atoms with Crippen molar-refractivity contribution in [2.45, 2.75) is 44.9 Å². The third kappa shape index (κ3) is 6.17. The Morgan fingerprint density at radius 3 is 2.39 bits per heavy atom. The van der Waals surface area contributed by atoms with Crippen LogP contribution in [0.3, 0.4) is 0 Å². The van der Waals surface area contributed by atoms with Crippen LogP contribution in [-0.2, 0) is 24.1 Å². The second kappa shape index (κ2) is 11.6. The molecule has 5 rings (SSSR count). The third-order valence-electron chi connectivity index (χ3n) is 6.67. The number of allylic oxidation sites excluding steroid dienone is 1. The lowest BCUT2D eigenvalue weighted by Gasteiger charge is -2.17. The van der Waals surface area contributed by atoms with E-state index in [4.69, 9.17) is 4.74 Å². The van der Waals surface area contributed by atoms with Crippen molar-refractivity contribution in [3.63, 3.8) is 0 Å². The van der Waals surface area contributed by atoms with Gasteiger partial charge in [0.1, 0.15) is 11.5 Å². The molecule has 36 heavy (non-hydrogen) atoms. The van der Waals surface area contributed by atoms with Crippen LogP contribution in [0.5, 0.6) is 5.75 Å². The van der Waals surface area contributed by atoms with Gasteiger partial charge in [0, 0.05) is 30.5 Å². The maximum atomic E-state index is 12.4. The molecule has 0 fully saturated rings. The molecule has 180 valence electrons. The summed E-state index contributed by atoms with van der Waals surface area (Å²) in [6.07, 6.45) is 12.2. The van der Waals surface area contributed by atoms with E-state index in [0.29, 0.717) is 12.2 Å². The maximum Gasteiger partial charge on any atom is 0.159 e. The predicted octanol–water partition coefficient (Wildman–Crippen LogP) is 7.64. The number of carbonyl (C=O) groups is 1. The molecule has 0 radical (unpaired) electrons. The zero-order valence-corrected chi connectivity index (χ0v) is 20.5. The minimum atomic E-state index is 0.117. The first kappa shape index (κ1) is 23.7. The van der Waals surface area contributed by atoms with Crippen LogP contribution in [0.25, 0.3) is 16.9 Å². The topological polar surface area (TPSA) is 39.2 Å². The van der Waals surface area contributed by atoms with Gasteiger partial charge in [-0.1, -0.05) is 66.7 Å². The zero-order valence-electron chi connectivity index (χ0n) is 20.5. The van der Waals surface area contributed by atoms with Crippen LogP contribution in [0.15, 0.2) is 103 Å². The molecule has 1 aliphatic rings. The number of benzene rings is 3. The average Bonchev–Trinajstić information content (AvgIpc) is 2.91. The van der Waals surface area contributed by atoms with Crippen LogP contribution >= 0.6 is 0 Å².